The minimum Gasteiger partial charge on any atom is -0.328 e. The first-order valence-corrected chi connectivity index (χ1v) is 8.98. The van der Waals surface area contributed by atoms with E-state index in [4.69, 9.17) is 0 Å². The van der Waals surface area contributed by atoms with Gasteiger partial charge in [0.05, 0.1) is 26.2 Å². The second-order valence-corrected chi connectivity index (χ2v) is 7.07. The Bertz CT molecular complexity index is 670. The standard InChI is InChI=1S/C19H22N2OS/c1-16-4-2-5-17(14-16)15-20-9-11-21(12-10-20)19(22)8-7-18-6-3-13-23-18/h2-8,13-14H,9-12,15H2,1H3/p+1/b8-7+. The fourth-order valence-electron chi connectivity index (χ4n) is 2.98. The van der Waals surface area contributed by atoms with Crippen LogP contribution in [0.25, 0.3) is 6.08 Å². The zero-order chi connectivity index (χ0) is 16.1. The van der Waals surface area contributed by atoms with E-state index in [2.05, 4.69) is 31.2 Å². The van der Waals surface area contributed by atoms with Gasteiger partial charge in [-0.15, -0.1) is 11.3 Å². The van der Waals surface area contributed by atoms with Gasteiger partial charge in [0.15, 0.2) is 0 Å². The summed E-state index contributed by atoms with van der Waals surface area (Å²) in [5, 5.41) is 2.03. The van der Waals surface area contributed by atoms with Crippen molar-refractivity contribution in [1.29, 1.82) is 0 Å². The molecule has 1 amide bonds. The molecule has 1 aliphatic rings. The number of amides is 1. The molecule has 4 heteroatoms. The minimum absolute atomic E-state index is 0.132. The van der Waals surface area contributed by atoms with Crippen LogP contribution in [0, 0.1) is 6.92 Å². The molecule has 3 nitrogen and oxygen atoms in total. The van der Waals surface area contributed by atoms with Crippen LogP contribution in [0.4, 0.5) is 0 Å². The summed E-state index contributed by atoms with van der Waals surface area (Å²) in [5.41, 5.74) is 2.70. The van der Waals surface area contributed by atoms with E-state index in [9.17, 15) is 4.79 Å². The monoisotopic (exact) mass is 327 g/mol. The number of nitrogens with one attached hydrogen (secondary N) is 1. The number of nitrogens with zero attached hydrogens (tertiary/aromatic N) is 1. The van der Waals surface area contributed by atoms with Gasteiger partial charge in [0, 0.05) is 16.5 Å². The van der Waals surface area contributed by atoms with Gasteiger partial charge < -0.3 is 9.80 Å². The van der Waals surface area contributed by atoms with Crippen molar-refractivity contribution in [3.8, 4) is 0 Å². The molecule has 1 fully saturated rings. The summed E-state index contributed by atoms with van der Waals surface area (Å²) in [7, 11) is 0. The number of hydrogen-bond donors (Lipinski definition) is 1. The molecule has 23 heavy (non-hydrogen) atoms. The molecule has 120 valence electrons. The highest BCUT2D eigenvalue weighted by molar-refractivity contribution is 7.10. The Kier molecular flexibility index (Phi) is 5.26. The van der Waals surface area contributed by atoms with Gasteiger partial charge in [-0.05, 0) is 24.4 Å². The molecule has 0 unspecified atom stereocenters. The second kappa shape index (κ2) is 7.57. The molecule has 0 saturated carbocycles. The highest BCUT2D eigenvalue weighted by Gasteiger charge is 2.22. The van der Waals surface area contributed by atoms with E-state index >= 15 is 0 Å². The summed E-state index contributed by atoms with van der Waals surface area (Å²) in [5.74, 6) is 0.132. The van der Waals surface area contributed by atoms with Crippen LogP contribution in [0.2, 0.25) is 0 Å². The van der Waals surface area contributed by atoms with Crippen LogP contribution in [-0.4, -0.2) is 37.0 Å². The molecule has 1 aromatic heterocycles. The molecule has 1 aromatic carbocycles. The number of aryl methyl sites for hydroxylation is 1. The number of carbonyl (C=O) groups excluding carboxylic acids is 1. The van der Waals surface area contributed by atoms with Crippen LogP contribution >= 0.6 is 11.3 Å². The van der Waals surface area contributed by atoms with Crippen molar-refractivity contribution in [2.45, 2.75) is 13.5 Å². The Morgan fingerprint density at radius 2 is 2.09 bits per heavy atom. The lowest BCUT2D eigenvalue weighted by atomic mass is 10.1. The Labute approximate surface area is 141 Å². The first-order valence-electron chi connectivity index (χ1n) is 8.10. The molecule has 1 saturated heterocycles. The Hall–Kier alpha value is -1.91. The van der Waals surface area contributed by atoms with Gasteiger partial charge in [-0.25, -0.2) is 0 Å². The molecule has 2 heterocycles. The Balaban J connectivity index is 1.49. The fourth-order valence-corrected chi connectivity index (χ4v) is 3.59. The van der Waals surface area contributed by atoms with Gasteiger partial charge >= 0.3 is 0 Å². The molecule has 1 aliphatic heterocycles. The Morgan fingerprint density at radius 1 is 1.26 bits per heavy atom. The van der Waals surface area contributed by atoms with Crippen molar-refractivity contribution in [3.05, 3.63) is 63.9 Å². The molecule has 2 aromatic rings. The van der Waals surface area contributed by atoms with Crippen molar-refractivity contribution in [2.24, 2.45) is 0 Å². The Morgan fingerprint density at radius 3 is 2.78 bits per heavy atom. The third-order valence-electron chi connectivity index (χ3n) is 4.25. The fraction of sp³-hybridized carbons (Fsp3) is 0.316. The molecule has 0 radical (unpaired) electrons. The van der Waals surface area contributed by atoms with E-state index in [0.29, 0.717) is 0 Å². The average Bonchev–Trinajstić information content (AvgIpc) is 3.07. The van der Waals surface area contributed by atoms with Crippen LogP contribution in [0.15, 0.2) is 47.9 Å². The van der Waals surface area contributed by atoms with Crippen LogP contribution in [0.3, 0.4) is 0 Å². The zero-order valence-electron chi connectivity index (χ0n) is 13.5. The smallest absolute Gasteiger partial charge is 0.247 e. The molecule has 0 aliphatic carbocycles. The van der Waals surface area contributed by atoms with Crippen LogP contribution < -0.4 is 4.90 Å². The van der Waals surface area contributed by atoms with Gasteiger partial charge in [-0.3, -0.25) is 4.79 Å². The van der Waals surface area contributed by atoms with E-state index in [-0.39, 0.29) is 5.91 Å². The number of quaternary nitrogens is 1. The lowest BCUT2D eigenvalue weighted by Gasteiger charge is -2.31. The van der Waals surface area contributed by atoms with Crippen LogP contribution in [0.5, 0.6) is 0 Å². The number of rotatable bonds is 4. The lowest BCUT2D eigenvalue weighted by Crippen LogP contribution is -3.13. The number of hydrogen-bond acceptors (Lipinski definition) is 2. The number of piperazine rings is 1. The quantitative estimate of drug-likeness (QED) is 0.854. The maximum atomic E-state index is 12.2. The first-order chi connectivity index (χ1) is 11.2. The molecular weight excluding hydrogens is 304 g/mol. The first kappa shape index (κ1) is 16.0. The maximum Gasteiger partial charge on any atom is 0.247 e. The summed E-state index contributed by atoms with van der Waals surface area (Å²) in [4.78, 5) is 16.9. The summed E-state index contributed by atoms with van der Waals surface area (Å²) in [6, 6.07) is 12.7. The van der Waals surface area contributed by atoms with Crippen molar-refractivity contribution >= 4 is 23.3 Å². The molecule has 0 bridgehead atoms. The third kappa shape index (κ3) is 4.53. The summed E-state index contributed by atoms with van der Waals surface area (Å²) in [6.45, 7) is 6.91. The van der Waals surface area contributed by atoms with Gasteiger partial charge in [0.2, 0.25) is 5.91 Å². The van der Waals surface area contributed by atoms with Crippen LogP contribution in [0.1, 0.15) is 16.0 Å². The van der Waals surface area contributed by atoms with Crippen molar-refractivity contribution < 1.29 is 9.69 Å². The average molecular weight is 327 g/mol. The number of carbonyl (C=O) groups is 1. The summed E-state index contributed by atoms with van der Waals surface area (Å²) < 4.78 is 0. The maximum absolute atomic E-state index is 12.2. The highest BCUT2D eigenvalue weighted by Crippen LogP contribution is 2.10. The van der Waals surface area contributed by atoms with Gasteiger partial charge in [0.1, 0.15) is 6.54 Å². The molecular formula is C19H23N2OS+. The molecule has 3 rings (SSSR count). The second-order valence-electron chi connectivity index (χ2n) is 6.09. The minimum atomic E-state index is 0.132. The van der Waals surface area contributed by atoms with E-state index < -0.39 is 0 Å². The summed E-state index contributed by atoms with van der Waals surface area (Å²) >= 11 is 1.65. The van der Waals surface area contributed by atoms with Gasteiger partial charge in [0.25, 0.3) is 0 Å². The van der Waals surface area contributed by atoms with Gasteiger partial charge in [-0.2, -0.15) is 0 Å². The highest BCUT2D eigenvalue weighted by atomic mass is 32.1. The predicted octanol–water partition coefficient (Wildman–Crippen LogP) is 2.00. The predicted molar refractivity (Wildman–Crippen MR) is 95.5 cm³/mol. The zero-order valence-corrected chi connectivity index (χ0v) is 14.3. The topological polar surface area (TPSA) is 24.8 Å². The van der Waals surface area contributed by atoms with Gasteiger partial charge in [-0.1, -0.05) is 35.9 Å². The van der Waals surface area contributed by atoms with E-state index in [1.165, 1.54) is 11.1 Å². The van der Waals surface area contributed by atoms with Crippen molar-refractivity contribution in [3.63, 3.8) is 0 Å². The van der Waals surface area contributed by atoms with Crippen molar-refractivity contribution in [2.75, 3.05) is 26.2 Å². The van der Waals surface area contributed by atoms with E-state index in [1.54, 1.807) is 22.3 Å². The largest absolute Gasteiger partial charge is 0.328 e. The van der Waals surface area contributed by atoms with E-state index in [0.717, 1.165) is 37.6 Å². The normalized spacial score (nSPS) is 16.1. The number of benzene rings is 1. The molecule has 1 N–H and O–H groups in total. The third-order valence-corrected chi connectivity index (χ3v) is 5.09. The van der Waals surface area contributed by atoms with Crippen molar-refractivity contribution in [1.82, 2.24) is 4.90 Å². The molecule has 0 spiro atoms. The van der Waals surface area contributed by atoms with Crippen LogP contribution in [-0.2, 0) is 11.3 Å². The number of thiophene rings is 1. The lowest BCUT2D eigenvalue weighted by molar-refractivity contribution is -0.917. The SMILES string of the molecule is Cc1cccc(C[NH+]2CCN(C(=O)/C=C/c3cccs3)CC2)c1. The summed E-state index contributed by atoms with van der Waals surface area (Å²) in [6.07, 6.45) is 3.62. The molecule has 0 atom stereocenters. The van der Waals surface area contributed by atoms with E-state index in [1.807, 2.05) is 28.5 Å².